The van der Waals surface area contributed by atoms with Crippen molar-refractivity contribution in [1.29, 1.82) is 0 Å². The number of rotatable bonds is 4. The molecule has 5 nitrogen and oxygen atoms in total. The molecule has 1 N–H and O–H groups in total. The van der Waals surface area contributed by atoms with Crippen LogP contribution in [0.15, 0.2) is 48.5 Å². The zero-order valence-corrected chi connectivity index (χ0v) is 12.7. The van der Waals surface area contributed by atoms with E-state index in [1.54, 1.807) is 19.2 Å². The molecule has 1 aliphatic heterocycles. The van der Waals surface area contributed by atoms with E-state index in [9.17, 15) is 9.59 Å². The Morgan fingerprint density at radius 1 is 1.26 bits per heavy atom. The Balaban J connectivity index is 1.64. The van der Waals surface area contributed by atoms with Crippen molar-refractivity contribution in [3.63, 3.8) is 0 Å². The summed E-state index contributed by atoms with van der Waals surface area (Å²) in [5, 5.41) is 2.80. The Hall–Kier alpha value is -2.82. The van der Waals surface area contributed by atoms with Crippen LogP contribution >= 0.6 is 0 Å². The molecule has 0 saturated heterocycles. The lowest BCUT2D eigenvalue weighted by Crippen LogP contribution is -2.41. The molecule has 1 heterocycles. The van der Waals surface area contributed by atoms with Gasteiger partial charge in [-0.25, -0.2) is 4.79 Å². The van der Waals surface area contributed by atoms with E-state index in [1.807, 2.05) is 36.4 Å². The van der Waals surface area contributed by atoms with E-state index in [0.717, 1.165) is 16.9 Å². The van der Waals surface area contributed by atoms with Crippen LogP contribution in [-0.2, 0) is 22.5 Å². The molecule has 3 rings (SSSR count). The largest absolute Gasteiger partial charge is 0.497 e. The fraction of sp³-hybridized carbons (Fsp3) is 0.222. The molecule has 0 aromatic heterocycles. The van der Waals surface area contributed by atoms with Crippen LogP contribution in [0, 0.1) is 0 Å². The number of nitrogens with one attached hydrogen (secondary N) is 1. The lowest BCUT2D eigenvalue weighted by molar-refractivity contribution is -0.130. The first kappa shape index (κ1) is 15.1. The fourth-order valence-electron chi connectivity index (χ4n) is 2.56. The maximum Gasteiger partial charge on any atom is 0.339 e. The van der Waals surface area contributed by atoms with Gasteiger partial charge in [-0.15, -0.1) is 0 Å². The molecule has 0 spiro atoms. The highest BCUT2D eigenvalue weighted by Gasteiger charge is 2.30. The number of fused-ring (bicyclic) bond motifs is 1. The van der Waals surface area contributed by atoms with Crippen LogP contribution in [0.25, 0.3) is 0 Å². The van der Waals surface area contributed by atoms with Gasteiger partial charge in [0.15, 0.2) is 6.10 Å². The van der Waals surface area contributed by atoms with Gasteiger partial charge < -0.3 is 14.8 Å². The fourth-order valence-corrected chi connectivity index (χ4v) is 2.56. The van der Waals surface area contributed by atoms with Crippen molar-refractivity contribution < 1.29 is 19.1 Å². The summed E-state index contributed by atoms with van der Waals surface area (Å²) in [5.41, 5.74) is 2.29. The molecule has 2 aromatic carbocycles. The molecule has 1 atom stereocenters. The Morgan fingerprint density at radius 3 is 2.91 bits per heavy atom. The average Bonchev–Trinajstić information content (AvgIpc) is 2.60. The Kier molecular flexibility index (Phi) is 4.28. The molecular weight excluding hydrogens is 294 g/mol. The summed E-state index contributed by atoms with van der Waals surface area (Å²) in [6.07, 6.45) is -0.394. The van der Waals surface area contributed by atoms with Crippen LogP contribution in [0.5, 0.6) is 5.75 Å². The first-order chi connectivity index (χ1) is 11.2. The van der Waals surface area contributed by atoms with E-state index in [2.05, 4.69) is 5.32 Å². The molecule has 0 saturated carbocycles. The molecule has 1 aliphatic rings. The van der Waals surface area contributed by atoms with Gasteiger partial charge in [0.05, 0.1) is 12.7 Å². The van der Waals surface area contributed by atoms with Gasteiger partial charge in [-0.05, 0) is 29.3 Å². The summed E-state index contributed by atoms with van der Waals surface area (Å²) in [5.74, 6) is -0.0150. The minimum Gasteiger partial charge on any atom is -0.497 e. The number of ether oxygens (including phenoxy) is 2. The van der Waals surface area contributed by atoms with E-state index < -0.39 is 12.1 Å². The SMILES string of the molecule is COc1cccc(CNC(=O)C2Cc3ccccc3C(=O)O2)c1. The Morgan fingerprint density at radius 2 is 2.09 bits per heavy atom. The highest BCUT2D eigenvalue weighted by molar-refractivity contribution is 5.95. The number of carbonyl (C=O) groups is 2. The molecule has 0 fully saturated rings. The van der Waals surface area contributed by atoms with Crippen molar-refractivity contribution >= 4 is 11.9 Å². The topological polar surface area (TPSA) is 64.6 Å². The van der Waals surface area contributed by atoms with Crippen LogP contribution in [0.4, 0.5) is 0 Å². The first-order valence-electron chi connectivity index (χ1n) is 7.37. The molecule has 1 amide bonds. The van der Waals surface area contributed by atoms with Gasteiger partial charge in [0, 0.05) is 13.0 Å². The van der Waals surface area contributed by atoms with Crippen LogP contribution in [-0.4, -0.2) is 25.1 Å². The van der Waals surface area contributed by atoms with E-state index in [1.165, 1.54) is 0 Å². The number of hydrogen-bond donors (Lipinski definition) is 1. The van der Waals surface area contributed by atoms with E-state index >= 15 is 0 Å². The van der Waals surface area contributed by atoms with E-state index in [-0.39, 0.29) is 5.91 Å². The lowest BCUT2D eigenvalue weighted by Gasteiger charge is -2.23. The number of hydrogen-bond acceptors (Lipinski definition) is 4. The predicted molar refractivity (Wildman–Crippen MR) is 84.2 cm³/mol. The van der Waals surface area contributed by atoms with Crippen molar-refractivity contribution in [3.05, 3.63) is 65.2 Å². The predicted octanol–water partition coefficient (Wildman–Crippen LogP) is 2.09. The van der Waals surface area contributed by atoms with Crippen LogP contribution in [0.1, 0.15) is 21.5 Å². The summed E-state index contributed by atoms with van der Waals surface area (Å²) in [6, 6.07) is 14.6. The van der Waals surface area contributed by atoms with Crippen molar-refractivity contribution in [1.82, 2.24) is 5.32 Å². The summed E-state index contributed by atoms with van der Waals surface area (Å²) < 4.78 is 10.4. The summed E-state index contributed by atoms with van der Waals surface area (Å²) in [6.45, 7) is 0.353. The third-order valence-corrected chi connectivity index (χ3v) is 3.79. The van der Waals surface area contributed by atoms with Crippen LogP contribution < -0.4 is 10.1 Å². The van der Waals surface area contributed by atoms with Crippen molar-refractivity contribution in [2.75, 3.05) is 7.11 Å². The highest BCUT2D eigenvalue weighted by Crippen LogP contribution is 2.20. The number of carbonyl (C=O) groups excluding carboxylic acids is 2. The molecule has 2 aromatic rings. The van der Waals surface area contributed by atoms with Gasteiger partial charge in [-0.2, -0.15) is 0 Å². The average molecular weight is 311 g/mol. The quantitative estimate of drug-likeness (QED) is 0.878. The second kappa shape index (κ2) is 6.52. The standard InChI is InChI=1S/C18H17NO4/c1-22-14-7-4-5-12(9-14)11-19-17(20)16-10-13-6-2-3-8-15(13)18(21)23-16/h2-9,16H,10-11H2,1H3,(H,19,20). The Bertz CT molecular complexity index is 741. The smallest absolute Gasteiger partial charge is 0.339 e. The second-order valence-electron chi connectivity index (χ2n) is 5.32. The lowest BCUT2D eigenvalue weighted by atomic mass is 9.98. The summed E-state index contributed by atoms with van der Waals surface area (Å²) in [4.78, 5) is 24.2. The molecule has 5 heteroatoms. The maximum absolute atomic E-state index is 12.3. The molecule has 0 bridgehead atoms. The van der Waals surface area contributed by atoms with Gasteiger partial charge in [-0.1, -0.05) is 30.3 Å². The van der Waals surface area contributed by atoms with Gasteiger partial charge >= 0.3 is 5.97 Å². The van der Waals surface area contributed by atoms with Crippen LogP contribution in [0.3, 0.4) is 0 Å². The molecule has 0 radical (unpaired) electrons. The zero-order chi connectivity index (χ0) is 16.2. The maximum atomic E-state index is 12.3. The Labute approximate surface area is 134 Å². The summed E-state index contributed by atoms with van der Waals surface area (Å²) >= 11 is 0. The number of cyclic esters (lactones) is 1. The minimum absolute atomic E-state index is 0.296. The van der Waals surface area contributed by atoms with Crippen LogP contribution in [0.2, 0.25) is 0 Å². The highest BCUT2D eigenvalue weighted by atomic mass is 16.5. The molecule has 118 valence electrons. The molecular formula is C18H17NO4. The van der Waals surface area contributed by atoms with Gasteiger partial charge in [0.2, 0.25) is 0 Å². The number of benzene rings is 2. The number of esters is 1. The normalized spacial score (nSPS) is 16.2. The first-order valence-corrected chi connectivity index (χ1v) is 7.37. The summed E-state index contributed by atoms with van der Waals surface area (Å²) in [7, 11) is 1.59. The zero-order valence-electron chi connectivity index (χ0n) is 12.7. The van der Waals surface area contributed by atoms with Gasteiger partial charge in [-0.3, -0.25) is 4.79 Å². The third-order valence-electron chi connectivity index (χ3n) is 3.79. The number of amides is 1. The van der Waals surface area contributed by atoms with E-state index in [4.69, 9.17) is 9.47 Å². The van der Waals surface area contributed by atoms with Crippen molar-refractivity contribution in [2.24, 2.45) is 0 Å². The minimum atomic E-state index is -0.789. The monoisotopic (exact) mass is 311 g/mol. The van der Waals surface area contributed by atoms with E-state index in [0.29, 0.717) is 18.5 Å². The molecule has 1 unspecified atom stereocenters. The molecule has 0 aliphatic carbocycles. The third kappa shape index (κ3) is 3.34. The second-order valence-corrected chi connectivity index (χ2v) is 5.32. The molecule has 23 heavy (non-hydrogen) atoms. The van der Waals surface area contributed by atoms with Gasteiger partial charge in [0.1, 0.15) is 5.75 Å². The van der Waals surface area contributed by atoms with Gasteiger partial charge in [0.25, 0.3) is 5.91 Å². The van der Waals surface area contributed by atoms with Crippen molar-refractivity contribution in [3.8, 4) is 5.75 Å². The van der Waals surface area contributed by atoms with Crippen molar-refractivity contribution in [2.45, 2.75) is 19.1 Å². The number of methoxy groups -OCH3 is 1.